The molecule has 3 nitrogen and oxygen atoms in total. The molecule has 0 saturated carbocycles. The van der Waals surface area contributed by atoms with Crippen molar-refractivity contribution in [3.05, 3.63) is 39.4 Å². The van der Waals surface area contributed by atoms with E-state index in [0.29, 0.717) is 5.82 Å². The molecule has 0 fully saturated rings. The van der Waals surface area contributed by atoms with E-state index in [9.17, 15) is 8.78 Å². The fourth-order valence-corrected chi connectivity index (χ4v) is 1.94. The molecule has 1 aromatic heterocycles. The van der Waals surface area contributed by atoms with Gasteiger partial charge in [-0.2, -0.15) is 5.10 Å². The lowest BCUT2D eigenvalue weighted by Crippen LogP contribution is -2.02. The van der Waals surface area contributed by atoms with E-state index in [1.165, 1.54) is 4.57 Å². The highest BCUT2D eigenvalue weighted by Crippen LogP contribution is 2.25. The van der Waals surface area contributed by atoms with Crippen LogP contribution in [0.5, 0.6) is 0 Å². The van der Waals surface area contributed by atoms with Crippen LogP contribution in [0.4, 0.5) is 8.78 Å². The molecular weight excluding hydrogens is 256 g/mol. The Morgan fingerprint density at radius 2 is 2.12 bits per heavy atom. The SMILES string of the molecule is Cc1n[nH]c(=S)n1-c1c(F)cc(F)cc1Cl. The molecule has 7 heteroatoms. The van der Waals surface area contributed by atoms with Crippen LogP contribution in [0.1, 0.15) is 5.82 Å². The van der Waals surface area contributed by atoms with Crippen molar-refractivity contribution in [2.75, 3.05) is 0 Å². The summed E-state index contributed by atoms with van der Waals surface area (Å²) in [5.41, 5.74) is -0.000633. The van der Waals surface area contributed by atoms with Gasteiger partial charge in [0, 0.05) is 6.07 Å². The second-order valence-corrected chi connectivity index (χ2v) is 3.92. The minimum Gasteiger partial charge on any atom is -0.268 e. The molecule has 0 atom stereocenters. The van der Waals surface area contributed by atoms with Crippen molar-refractivity contribution in [2.24, 2.45) is 0 Å². The van der Waals surface area contributed by atoms with Crippen LogP contribution in [0, 0.1) is 23.3 Å². The first-order valence-corrected chi connectivity index (χ1v) is 5.08. The van der Waals surface area contributed by atoms with Gasteiger partial charge in [-0.3, -0.25) is 9.67 Å². The number of H-pyrrole nitrogens is 1. The summed E-state index contributed by atoms with van der Waals surface area (Å²) >= 11 is 10.7. The molecule has 0 saturated heterocycles. The number of aryl methyl sites for hydroxylation is 1. The van der Waals surface area contributed by atoms with E-state index >= 15 is 0 Å². The molecule has 84 valence electrons. The molecule has 0 amide bonds. The second-order valence-electron chi connectivity index (χ2n) is 3.13. The van der Waals surface area contributed by atoms with Crippen molar-refractivity contribution in [2.45, 2.75) is 6.92 Å². The maximum Gasteiger partial charge on any atom is 0.200 e. The lowest BCUT2D eigenvalue weighted by Gasteiger charge is -2.07. The maximum atomic E-state index is 13.6. The van der Waals surface area contributed by atoms with Gasteiger partial charge in [-0.1, -0.05) is 11.6 Å². The molecule has 0 unspecified atom stereocenters. The molecule has 0 aliphatic rings. The fourth-order valence-electron chi connectivity index (χ4n) is 1.39. The topological polar surface area (TPSA) is 33.6 Å². The summed E-state index contributed by atoms with van der Waals surface area (Å²) in [7, 11) is 0. The highest BCUT2D eigenvalue weighted by atomic mass is 35.5. The summed E-state index contributed by atoms with van der Waals surface area (Å²) in [6.45, 7) is 1.63. The van der Waals surface area contributed by atoms with E-state index in [0.717, 1.165) is 12.1 Å². The molecule has 2 aromatic rings. The van der Waals surface area contributed by atoms with Crippen molar-refractivity contribution in [3.8, 4) is 5.69 Å². The normalized spacial score (nSPS) is 10.8. The van der Waals surface area contributed by atoms with Gasteiger partial charge in [-0.25, -0.2) is 8.78 Å². The smallest absolute Gasteiger partial charge is 0.200 e. The monoisotopic (exact) mass is 261 g/mol. The summed E-state index contributed by atoms with van der Waals surface area (Å²) in [5.74, 6) is -1.08. The highest BCUT2D eigenvalue weighted by molar-refractivity contribution is 7.71. The Hall–Kier alpha value is -1.27. The molecular formula is C9H6ClF2N3S. The summed E-state index contributed by atoms with van der Waals surface area (Å²) in [4.78, 5) is 0. The molecule has 0 bridgehead atoms. The predicted octanol–water partition coefficient (Wildman–Crippen LogP) is 3.17. The lowest BCUT2D eigenvalue weighted by atomic mass is 10.3. The van der Waals surface area contributed by atoms with E-state index < -0.39 is 11.6 Å². The van der Waals surface area contributed by atoms with E-state index in [1.54, 1.807) is 6.92 Å². The molecule has 2 rings (SSSR count). The molecule has 0 aliphatic carbocycles. The van der Waals surface area contributed by atoms with Gasteiger partial charge in [0.25, 0.3) is 0 Å². The molecule has 1 heterocycles. The van der Waals surface area contributed by atoms with E-state index in [2.05, 4.69) is 10.2 Å². The Morgan fingerprint density at radius 3 is 2.62 bits per heavy atom. The third-order valence-electron chi connectivity index (χ3n) is 2.05. The number of hydrogen-bond donors (Lipinski definition) is 1. The standard InChI is InChI=1S/C9H6ClF2N3S/c1-4-13-14-9(16)15(4)8-6(10)2-5(11)3-7(8)12/h2-3H,1H3,(H,14,16). The van der Waals surface area contributed by atoms with Crippen LogP contribution in [0.25, 0.3) is 5.69 Å². The van der Waals surface area contributed by atoms with Crippen LogP contribution < -0.4 is 0 Å². The number of nitrogens with zero attached hydrogens (tertiary/aromatic N) is 2. The van der Waals surface area contributed by atoms with Crippen molar-refractivity contribution in [1.82, 2.24) is 14.8 Å². The number of hydrogen-bond acceptors (Lipinski definition) is 2. The largest absolute Gasteiger partial charge is 0.268 e. The van der Waals surface area contributed by atoms with Gasteiger partial charge in [0.2, 0.25) is 0 Å². The first-order chi connectivity index (χ1) is 7.50. The van der Waals surface area contributed by atoms with Crippen LogP contribution in [0.2, 0.25) is 5.02 Å². The Labute approximate surface area is 99.7 Å². The van der Waals surface area contributed by atoms with Crippen molar-refractivity contribution in [1.29, 1.82) is 0 Å². The number of aromatic nitrogens is 3. The molecule has 1 aromatic carbocycles. The van der Waals surface area contributed by atoms with Crippen molar-refractivity contribution in [3.63, 3.8) is 0 Å². The number of halogens is 3. The number of rotatable bonds is 1. The summed E-state index contributed by atoms with van der Waals surface area (Å²) in [5, 5.41) is 6.27. The van der Waals surface area contributed by atoms with Gasteiger partial charge in [-0.15, -0.1) is 0 Å². The average molecular weight is 262 g/mol. The van der Waals surface area contributed by atoms with E-state index in [4.69, 9.17) is 23.8 Å². The van der Waals surface area contributed by atoms with E-state index in [1.807, 2.05) is 0 Å². The second kappa shape index (κ2) is 3.95. The van der Waals surface area contributed by atoms with Gasteiger partial charge in [0.1, 0.15) is 17.3 Å². The molecule has 16 heavy (non-hydrogen) atoms. The van der Waals surface area contributed by atoms with Crippen LogP contribution in [0.3, 0.4) is 0 Å². The first kappa shape index (κ1) is 11.2. The quantitative estimate of drug-likeness (QED) is 0.800. The Kier molecular flexibility index (Phi) is 2.77. The first-order valence-electron chi connectivity index (χ1n) is 4.29. The highest BCUT2D eigenvalue weighted by Gasteiger charge is 2.15. The lowest BCUT2D eigenvalue weighted by molar-refractivity contribution is 0.576. The minimum atomic E-state index is -0.786. The molecule has 0 spiro atoms. The minimum absolute atomic E-state index is 0.000633. The Balaban J connectivity index is 2.79. The van der Waals surface area contributed by atoms with E-state index in [-0.39, 0.29) is 15.5 Å². The summed E-state index contributed by atoms with van der Waals surface area (Å²) in [6, 6.07) is 1.77. The average Bonchev–Trinajstić information content (AvgIpc) is 2.47. The Morgan fingerprint density at radius 1 is 1.44 bits per heavy atom. The Bertz CT molecular complexity index is 582. The number of nitrogens with one attached hydrogen (secondary N) is 1. The molecule has 1 N–H and O–H groups in total. The zero-order valence-electron chi connectivity index (χ0n) is 8.09. The van der Waals surface area contributed by atoms with Gasteiger partial charge in [-0.05, 0) is 25.2 Å². The third-order valence-corrected chi connectivity index (χ3v) is 2.61. The molecule has 0 radical (unpaired) electrons. The van der Waals surface area contributed by atoms with Gasteiger partial charge < -0.3 is 0 Å². The fraction of sp³-hybridized carbons (Fsp3) is 0.111. The zero-order chi connectivity index (χ0) is 11.9. The van der Waals surface area contributed by atoms with Gasteiger partial charge in [0.15, 0.2) is 10.6 Å². The molecule has 0 aliphatic heterocycles. The van der Waals surface area contributed by atoms with Crippen molar-refractivity contribution < 1.29 is 8.78 Å². The number of aromatic amines is 1. The van der Waals surface area contributed by atoms with Gasteiger partial charge in [0.05, 0.1) is 5.02 Å². The van der Waals surface area contributed by atoms with Gasteiger partial charge >= 0.3 is 0 Å². The maximum absolute atomic E-state index is 13.6. The van der Waals surface area contributed by atoms with Crippen LogP contribution in [-0.4, -0.2) is 14.8 Å². The summed E-state index contributed by atoms with van der Waals surface area (Å²) in [6.07, 6.45) is 0. The third kappa shape index (κ3) is 1.74. The number of benzene rings is 1. The zero-order valence-corrected chi connectivity index (χ0v) is 9.66. The van der Waals surface area contributed by atoms with Crippen LogP contribution >= 0.6 is 23.8 Å². The van der Waals surface area contributed by atoms with Crippen LogP contribution in [-0.2, 0) is 0 Å². The van der Waals surface area contributed by atoms with Crippen molar-refractivity contribution >= 4 is 23.8 Å². The summed E-state index contributed by atoms with van der Waals surface area (Å²) < 4.78 is 28.0. The van der Waals surface area contributed by atoms with Crippen LogP contribution in [0.15, 0.2) is 12.1 Å². The predicted molar refractivity (Wildman–Crippen MR) is 58.4 cm³/mol.